The van der Waals surface area contributed by atoms with Crippen LogP contribution in [0.1, 0.15) is 17.0 Å². The van der Waals surface area contributed by atoms with Crippen LogP contribution in [0, 0.1) is 24.2 Å². The van der Waals surface area contributed by atoms with Crippen molar-refractivity contribution >= 4 is 11.9 Å². The zero-order valence-electron chi connectivity index (χ0n) is 13.0. The lowest BCUT2D eigenvalue weighted by molar-refractivity contribution is -0.144. The molecule has 0 bridgehead atoms. The first-order valence-corrected chi connectivity index (χ1v) is 6.78. The van der Waals surface area contributed by atoms with Gasteiger partial charge in [-0.1, -0.05) is 17.7 Å². The molecule has 0 saturated heterocycles. The summed E-state index contributed by atoms with van der Waals surface area (Å²) in [5.74, 6) is -3.51. The molecule has 1 aromatic rings. The third-order valence-electron chi connectivity index (χ3n) is 3.63. The molecular weight excluding hydrogens is 300 g/mol. The number of nitriles is 1. The lowest BCUT2D eigenvalue weighted by atomic mass is 9.79. The van der Waals surface area contributed by atoms with Gasteiger partial charge in [0, 0.05) is 5.56 Å². The molecule has 0 radical (unpaired) electrons. The number of carbonyl (C=O) groups is 2. The Morgan fingerprint density at radius 3 is 2.61 bits per heavy atom. The number of hydrogen-bond acceptors (Lipinski definition) is 7. The molecule has 1 aliphatic heterocycles. The summed E-state index contributed by atoms with van der Waals surface area (Å²) in [5.41, 5.74) is 7.15. The lowest BCUT2D eigenvalue weighted by Crippen LogP contribution is -2.33. The Morgan fingerprint density at radius 2 is 2.04 bits per heavy atom. The van der Waals surface area contributed by atoms with Crippen LogP contribution < -0.4 is 10.5 Å². The lowest BCUT2D eigenvalue weighted by Gasteiger charge is -2.29. The Labute approximate surface area is 133 Å². The Balaban J connectivity index is 2.69. The van der Waals surface area contributed by atoms with Crippen molar-refractivity contribution < 1.29 is 23.8 Å². The van der Waals surface area contributed by atoms with Crippen molar-refractivity contribution in [3.63, 3.8) is 0 Å². The molecule has 7 heteroatoms. The number of nitrogens with zero attached hydrogens (tertiary/aromatic N) is 1. The predicted octanol–water partition coefficient (Wildman–Crippen LogP) is 1.13. The van der Waals surface area contributed by atoms with Gasteiger partial charge in [0.2, 0.25) is 5.88 Å². The van der Waals surface area contributed by atoms with E-state index in [2.05, 4.69) is 4.74 Å². The van der Waals surface area contributed by atoms with Gasteiger partial charge in [0.05, 0.1) is 26.2 Å². The van der Waals surface area contributed by atoms with Crippen molar-refractivity contribution in [1.29, 1.82) is 5.26 Å². The molecule has 0 saturated carbocycles. The van der Waals surface area contributed by atoms with E-state index in [4.69, 9.17) is 15.2 Å². The fourth-order valence-electron chi connectivity index (χ4n) is 2.56. The van der Waals surface area contributed by atoms with Gasteiger partial charge in [-0.2, -0.15) is 5.26 Å². The topological polar surface area (TPSA) is 112 Å². The number of ether oxygens (including phenoxy) is 3. The molecule has 2 N–H and O–H groups in total. The van der Waals surface area contributed by atoms with Gasteiger partial charge in [-0.25, -0.2) is 4.79 Å². The fraction of sp³-hybridized carbons (Fsp3) is 0.312. The van der Waals surface area contributed by atoms with Crippen LogP contribution in [0.15, 0.2) is 29.7 Å². The van der Waals surface area contributed by atoms with Gasteiger partial charge >= 0.3 is 11.9 Å². The summed E-state index contributed by atoms with van der Waals surface area (Å²) in [4.78, 5) is 24.1. The van der Waals surface area contributed by atoms with Crippen molar-refractivity contribution in [2.24, 2.45) is 11.7 Å². The van der Waals surface area contributed by atoms with E-state index in [-0.39, 0.29) is 11.5 Å². The number of benzene rings is 1. The number of fused-ring (bicyclic) bond motifs is 1. The summed E-state index contributed by atoms with van der Waals surface area (Å²) in [6.07, 6.45) is 0. The van der Waals surface area contributed by atoms with Crippen LogP contribution in [0.4, 0.5) is 0 Å². The maximum atomic E-state index is 12.1. The molecule has 2 rings (SSSR count). The maximum Gasteiger partial charge on any atom is 0.339 e. The van der Waals surface area contributed by atoms with E-state index < -0.39 is 23.8 Å². The molecule has 0 aliphatic carbocycles. The number of methoxy groups -OCH3 is 2. The van der Waals surface area contributed by atoms with Crippen molar-refractivity contribution in [2.75, 3.05) is 14.2 Å². The van der Waals surface area contributed by atoms with Gasteiger partial charge in [0.25, 0.3) is 0 Å². The third-order valence-corrected chi connectivity index (χ3v) is 3.63. The van der Waals surface area contributed by atoms with Crippen molar-refractivity contribution in [1.82, 2.24) is 0 Å². The largest absolute Gasteiger partial charge is 0.468 e. The summed E-state index contributed by atoms with van der Waals surface area (Å²) in [6.45, 7) is 1.84. The normalized spacial score (nSPS) is 17.4. The van der Waals surface area contributed by atoms with Crippen LogP contribution >= 0.6 is 0 Å². The molecule has 23 heavy (non-hydrogen) atoms. The second kappa shape index (κ2) is 6.40. The van der Waals surface area contributed by atoms with E-state index in [0.717, 1.165) is 5.56 Å². The first-order valence-electron chi connectivity index (χ1n) is 6.78. The van der Waals surface area contributed by atoms with Crippen molar-refractivity contribution in [3.05, 3.63) is 40.8 Å². The molecule has 1 aliphatic rings. The second-order valence-electron chi connectivity index (χ2n) is 5.02. The second-order valence-corrected chi connectivity index (χ2v) is 5.02. The molecule has 0 fully saturated rings. The summed E-state index contributed by atoms with van der Waals surface area (Å²) in [7, 11) is 2.36. The Bertz CT molecular complexity index is 732. The van der Waals surface area contributed by atoms with E-state index >= 15 is 0 Å². The van der Waals surface area contributed by atoms with Crippen LogP contribution in [0.25, 0.3) is 0 Å². The number of nitrogens with two attached hydrogens (primary N) is 1. The quantitative estimate of drug-likeness (QED) is 0.832. The molecule has 1 heterocycles. The van der Waals surface area contributed by atoms with E-state index in [0.29, 0.717) is 11.3 Å². The highest BCUT2D eigenvalue weighted by Gasteiger charge is 2.43. The third kappa shape index (κ3) is 2.83. The Kier molecular flexibility index (Phi) is 4.55. The van der Waals surface area contributed by atoms with Crippen LogP contribution in [0.5, 0.6) is 5.75 Å². The summed E-state index contributed by atoms with van der Waals surface area (Å²) in [5, 5.41) is 9.43. The molecule has 0 spiro atoms. The maximum absolute atomic E-state index is 12.1. The smallest absolute Gasteiger partial charge is 0.339 e. The summed E-state index contributed by atoms with van der Waals surface area (Å²) >= 11 is 0. The molecule has 0 aromatic heterocycles. The van der Waals surface area contributed by atoms with Crippen LogP contribution in [0.2, 0.25) is 0 Å². The van der Waals surface area contributed by atoms with E-state index in [1.807, 2.05) is 13.0 Å². The zero-order chi connectivity index (χ0) is 17.1. The van der Waals surface area contributed by atoms with Gasteiger partial charge in [0.1, 0.15) is 11.3 Å². The minimum atomic E-state index is -1.25. The standard InChI is InChI=1S/C16H16N2O5/c1-8-4-5-11-9(6-8)12(10(7-17)15(19)21-2)13(14(18)23-11)16(20)22-3/h4-6,10,12H,18H2,1-3H3. The highest BCUT2D eigenvalue weighted by Crippen LogP contribution is 2.43. The number of aryl methyl sites for hydroxylation is 1. The minimum Gasteiger partial charge on any atom is -0.468 e. The van der Waals surface area contributed by atoms with Crippen molar-refractivity contribution in [2.45, 2.75) is 12.8 Å². The summed E-state index contributed by atoms with van der Waals surface area (Å²) in [6, 6.07) is 7.09. The first-order chi connectivity index (χ1) is 10.9. The van der Waals surface area contributed by atoms with Gasteiger partial charge in [-0.05, 0) is 13.0 Å². The van der Waals surface area contributed by atoms with E-state index in [9.17, 15) is 14.9 Å². The number of esters is 2. The van der Waals surface area contributed by atoms with E-state index in [1.165, 1.54) is 14.2 Å². The van der Waals surface area contributed by atoms with Gasteiger partial charge < -0.3 is 19.9 Å². The molecule has 2 unspecified atom stereocenters. The summed E-state index contributed by atoms with van der Waals surface area (Å²) < 4.78 is 14.9. The van der Waals surface area contributed by atoms with Gasteiger partial charge in [0.15, 0.2) is 5.92 Å². The Hall–Kier alpha value is -3.01. The average molecular weight is 316 g/mol. The molecule has 2 atom stereocenters. The SMILES string of the molecule is COC(=O)C1=C(N)Oc2ccc(C)cc2C1C(C#N)C(=O)OC. The zero-order valence-corrected chi connectivity index (χ0v) is 13.0. The van der Waals surface area contributed by atoms with Crippen LogP contribution in [0.3, 0.4) is 0 Å². The highest BCUT2D eigenvalue weighted by atomic mass is 16.5. The molecule has 1 aromatic carbocycles. The highest BCUT2D eigenvalue weighted by molar-refractivity contribution is 5.93. The Morgan fingerprint density at radius 1 is 1.35 bits per heavy atom. The molecule has 0 amide bonds. The minimum absolute atomic E-state index is 0.0671. The van der Waals surface area contributed by atoms with Crippen molar-refractivity contribution in [3.8, 4) is 11.8 Å². The molecule has 120 valence electrons. The monoisotopic (exact) mass is 316 g/mol. The number of rotatable bonds is 3. The van der Waals surface area contributed by atoms with E-state index in [1.54, 1.807) is 18.2 Å². The first kappa shape index (κ1) is 16.4. The van der Waals surface area contributed by atoms with Gasteiger partial charge in [-0.15, -0.1) is 0 Å². The number of hydrogen-bond donors (Lipinski definition) is 1. The van der Waals surface area contributed by atoms with Gasteiger partial charge in [-0.3, -0.25) is 4.79 Å². The fourth-order valence-corrected chi connectivity index (χ4v) is 2.56. The molecule has 7 nitrogen and oxygen atoms in total. The number of carbonyl (C=O) groups excluding carboxylic acids is 2. The van der Waals surface area contributed by atoms with Crippen LogP contribution in [-0.2, 0) is 19.1 Å². The average Bonchev–Trinajstić information content (AvgIpc) is 2.55. The van der Waals surface area contributed by atoms with Crippen LogP contribution in [-0.4, -0.2) is 26.2 Å². The predicted molar refractivity (Wildman–Crippen MR) is 78.9 cm³/mol. The molecular formula is C16H16N2O5.